The van der Waals surface area contributed by atoms with E-state index in [1.54, 1.807) is 0 Å². The summed E-state index contributed by atoms with van der Waals surface area (Å²) in [6.45, 7) is 5.48. The Kier molecular flexibility index (Phi) is 5.79. The van der Waals surface area contributed by atoms with E-state index in [1.165, 1.54) is 6.26 Å². The van der Waals surface area contributed by atoms with Crippen LogP contribution < -0.4 is 5.32 Å². The first kappa shape index (κ1) is 15.6. The van der Waals surface area contributed by atoms with Crippen molar-refractivity contribution in [2.24, 2.45) is 11.8 Å². The molecule has 0 heterocycles. The van der Waals surface area contributed by atoms with Crippen LogP contribution in [0.25, 0.3) is 0 Å². The van der Waals surface area contributed by atoms with Crippen LogP contribution in [0, 0.1) is 11.8 Å². The lowest BCUT2D eigenvalue weighted by atomic mass is 9.82. The maximum absolute atomic E-state index is 12.2. The molecule has 0 aliphatic heterocycles. The molecule has 1 N–H and O–H groups in total. The zero-order valence-electron chi connectivity index (χ0n) is 11.6. The molecule has 3 unspecified atom stereocenters. The van der Waals surface area contributed by atoms with Gasteiger partial charge in [-0.25, -0.2) is 8.42 Å². The molecule has 3 atom stereocenters. The average molecular weight is 275 g/mol. The zero-order valence-corrected chi connectivity index (χ0v) is 12.4. The number of hydrogen-bond acceptors (Lipinski definition) is 4. The average Bonchev–Trinajstić information content (AvgIpc) is 2.34. The van der Waals surface area contributed by atoms with Crippen LogP contribution in [0.4, 0.5) is 0 Å². The van der Waals surface area contributed by atoms with Gasteiger partial charge in [-0.3, -0.25) is 4.79 Å². The van der Waals surface area contributed by atoms with Crippen molar-refractivity contribution < 1.29 is 13.2 Å². The van der Waals surface area contributed by atoms with Crippen LogP contribution in [0.2, 0.25) is 0 Å². The number of rotatable bonds is 6. The van der Waals surface area contributed by atoms with Gasteiger partial charge in [-0.2, -0.15) is 0 Å². The minimum absolute atomic E-state index is 0.0201. The second-order valence-electron chi connectivity index (χ2n) is 5.43. The van der Waals surface area contributed by atoms with Crippen LogP contribution in [0.1, 0.15) is 39.5 Å². The second kappa shape index (κ2) is 6.66. The Balaban J connectivity index is 2.58. The molecule has 0 aromatic carbocycles. The van der Waals surface area contributed by atoms with Gasteiger partial charge in [0.25, 0.3) is 0 Å². The summed E-state index contributed by atoms with van der Waals surface area (Å²) in [6.07, 6.45) is 4.22. The summed E-state index contributed by atoms with van der Waals surface area (Å²) < 4.78 is 23.1. The van der Waals surface area contributed by atoms with Gasteiger partial charge in [0.2, 0.25) is 0 Å². The molecule has 0 aromatic heterocycles. The van der Waals surface area contributed by atoms with E-state index in [2.05, 4.69) is 5.32 Å². The smallest absolute Gasteiger partial charge is 0.150 e. The summed E-state index contributed by atoms with van der Waals surface area (Å²) in [4.78, 5) is 12.2. The molecule has 0 spiro atoms. The highest BCUT2D eigenvalue weighted by Gasteiger charge is 2.33. The van der Waals surface area contributed by atoms with Gasteiger partial charge in [0, 0.05) is 24.6 Å². The summed E-state index contributed by atoms with van der Waals surface area (Å²) in [7, 11) is -3.00. The van der Waals surface area contributed by atoms with Gasteiger partial charge < -0.3 is 5.32 Å². The molecule has 1 saturated carbocycles. The normalized spacial score (nSPS) is 26.8. The first-order valence-electron chi connectivity index (χ1n) is 6.79. The molecule has 0 saturated heterocycles. The molecule has 0 aromatic rings. The lowest BCUT2D eigenvalue weighted by Crippen LogP contribution is -2.36. The third kappa shape index (κ3) is 4.35. The predicted octanol–water partition coefficient (Wildman–Crippen LogP) is 1.40. The van der Waals surface area contributed by atoms with E-state index in [0.717, 1.165) is 19.4 Å². The van der Waals surface area contributed by atoms with Gasteiger partial charge in [0.05, 0.1) is 5.25 Å². The van der Waals surface area contributed by atoms with Crippen LogP contribution in [0.3, 0.4) is 0 Å². The van der Waals surface area contributed by atoms with Crippen molar-refractivity contribution in [3.63, 3.8) is 0 Å². The molecule has 1 rings (SSSR count). The predicted molar refractivity (Wildman–Crippen MR) is 73.3 cm³/mol. The summed E-state index contributed by atoms with van der Waals surface area (Å²) in [5.41, 5.74) is 0. The Hall–Kier alpha value is -0.420. The number of sulfone groups is 1. The maximum Gasteiger partial charge on any atom is 0.150 e. The summed E-state index contributed by atoms with van der Waals surface area (Å²) in [5.74, 6) is 0.143. The Labute approximate surface area is 110 Å². The van der Waals surface area contributed by atoms with Crippen molar-refractivity contribution in [2.75, 3.05) is 19.3 Å². The molecule has 106 valence electrons. The number of ketones is 1. The SMILES string of the molecule is CCNCC(C)C(=O)C1CCCC(S(C)(=O)=O)C1. The minimum atomic E-state index is -3.00. The Morgan fingerprint density at radius 1 is 1.39 bits per heavy atom. The van der Waals surface area contributed by atoms with Gasteiger partial charge in [-0.15, -0.1) is 0 Å². The topological polar surface area (TPSA) is 63.2 Å². The third-order valence-electron chi connectivity index (χ3n) is 3.82. The van der Waals surface area contributed by atoms with Crippen LogP contribution >= 0.6 is 0 Å². The maximum atomic E-state index is 12.2. The first-order valence-corrected chi connectivity index (χ1v) is 8.75. The van der Waals surface area contributed by atoms with E-state index >= 15 is 0 Å². The number of carbonyl (C=O) groups is 1. The van der Waals surface area contributed by atoms with Crippen LogP contribution in [-0.2, 0) is 14.6 Å². The van der Waals surface area contributed by atoms with Crippen molar-refractivity contribution in [3.8, 4) is 0 Å². The summed E-state index contributed by atoms with van der Waals surface area (Å²) in [5, 5.41) is 2.86. The van der Waals surface area contributed by atoms with E-state index in [1.807, 2.05) is 13.8 Å². The highest BCUT2D eigenvalue weighted by molar-refractivity contribution is 7.91. The number of hydrogen-bond donors (Lipinski definition) is 1. The van der Waals surface area contributed by atoms with Gasteiger partial charge in [0.1, 0.15) is 15.6 Å². The lowest BCUT2D eigenvalue weighted by Gasteiger charge is -2.28. The molecule has 18 heavy (non-hydrogen) atoms. The van der Waals surface area contributed by atoms with Gasteiger partial charge >= 0.3 is 0 Å². The Morgan fingerprint density at radius 3 is 2.61 bits per heavy atom. The van der Waals surface area contributed by atoms with E-state index in [0.29, 0.717) is 19.4 Å². The van der Waals surface area contributed by atoms with Crippen molar-refractivity contribution in [1.29, 1.82) is 0 Å². The second-order valence-corrected chi connectivity index (χ2v) is 7.75. The monoisotopic (exact) mass is 275 g/mol. The molecule has 0 bridgehead atoms. The van der Waals surface area contributed by atoms with Gasteiger partial charge in [0.15, 0.2) is 0 Å². The standard InChI is InChI=1S/C13H25NO3S/c1-4-14-9-10(2)13(15)11-6-5-7-12(8-11)18(3,16)17/h10-12,14H,4-9H2,1-3H3. The minimum Gasteiger partial charge on any atom is -0.316 e. The fraction of sp³-hybridized carbons (Fsp3) is 0.923. The lowest BCUT2D eigenvalue weighted by molar-refractivity contribution is -0.127. The Bertz CT molecular complexity index is 378. The molecule has 5 heteroatoms. The molecule has 1 fully saturated rings. The summed E-state index contributed by atoms with van der Waals surface area (Å²) in [6, 6.07) is 0. The van der Waals surface area contributed by atoms with Crippen molar-refractivity contribution in [1.82, 2.24) is 5.32 Å². The van der Waals surface area contributed by atoms with Gasteiger partial charge in [-0.05, 0) is 25.8 Å². The highest BCUT2D eigenvalue weighted by atomic mass is 32.2. The van der Waals surface area contributed by atoms with Crippen molar-refractivity contribution >= 4 is 15.6 Å². The molecule has 0 amide bonds. The number of nitrogens with one attached hydrogen (secondary N) is 1. The fourth-order valence-electron chi connectivity index (χ4n) is 2.66. The van der Waals surface area contributed by atoms with Crippen molar-refractivity contribution in [3.05, 3.63) is 0 Å². The largest absolute Gasteiger partial charge is 0.316 e. The third-order valence-corrected chi connectivity index (χ3v) is 5.46. The van der Waals surface area contributed by atoms with E-state index < -0.39 is 9.84 Å². The van der Waals surface area contributed by atoms with Crippen molar-refractivity contribution in [2.45, 2.75) is 44.8 Å². The molecule has 4 nitrogen and oxygen atoms in total. The summed E-state index contributed by atoms with van der Waals surface area (Å²) >= 11 is 0. The van der Waals surface area contributed by atoms with Crippen LogP contribution in [-0.4, -0.2) is 38.8 Å². The van der Waals surface area contributed by atoms with Crippen LogP contribution in [0.5, 0.6) is 0 Å². The molecule has 1 aliphatic rings. The molecule has 0 radical (unpaired) electrons. The molecular weight excluding hydrogens is 250 g/mol. The Morgan fingerprint density at radius 2 is 2.06 bits per heavy atom. The van der Waals surface area contributed by atoms with Crippen LogP contribution in [0.15, 0.2) is 0 Å². The van der Waals surface area contributed by atoms with E-state index in [9.17, 15) is 13.2 Å². The van der Waals surface area contributed by atoms with E-state index in [-0.39, 0.29) is 22.9 Å². The fourth-order valence-corrected chi connectivity index (χ4v) is 3.83. The number of carbonyl (C=O) groups excluding carboxylic acids is 1. The number of Topliss-reactive ketones (excluding diaryl/α,β-unsaturated/α-hetero) is 1. The first-order chi connectivity index (χ1) is 8.36. The van der Waals surface area contributed by atoms with E-state index in [4.69, 9.17) is 0 Å². The van der Waals surface area contributed by atoms with Gasteiger partial charge in [-0.1, -0.05) is 20.3 Å². The zero-order chi connectivity index (χ0) is 13.8. The molecule has 1 aliphatic carbocycles. The molecular formula is C13H25NO3S. The quantitative estimate of drug-likeness (QED) is 0.796. The highest BCUT2D eigenvalue weighted by Crippen LogP contribution is 2.30.